The Labute approximate surface area is 108 Å². The van der Waals surface area contributed by atoms with Crippen LogP contribution in [-0.2, 0) is 9.59 Å². The van der Waals surface area contributed by atoms with Crippen LogP contribution in [0.5, 0.6) is 5.75 Å². The quantitative estimate of drug-likeness (QED) is 0.726. The minimum absolute atomic E-state index is 0.137. The van der Waals surface area contributed by atoms with Crippen molar-refractivity contribution in [3.63, 3.8) is 0 Å². The van der Waals surface area contributed by atoms with Crippen molar-refractivity contribution in [2.24, 2.45) is 0 Å². The predicted octanol–water partition coefficient (Wildman–Crippen LogP) is 2.24. The van der Waals surface area contributed by atoms with Crippen LogP contribution in [0.15, 0.2) is 30.3 Å². The Morgan fingerprint density at radius 1 is 1.22 bits per heavy atom. The standard InChI is InChI=1S/C14H19NO3/c1-3-14(17)15(12(2)16)10-7-11-18-13-8-5-4-6-9-13/h4-6,8-9H,3,7,10-11H2,1-2H3. The van der Waals surface area contributed by atoms with Crippen molar-refractivity contribution in [3.8, 4) is 5.75 Å². The zero-order valence-electron chi connectivity index (χ0n) is 10.9. The fourth-order valence-corrected chi connectivity index (χ4v) is 1.58. The topological polar surface area (TPSA) is 46.6 Å². The van der Waals surface area contributed by atoms with Gasteiger partial charge in [0.05, 0.1) is 6.61 Å². The van der Waals surface area contributed by atoms with Crippen molar-refractivity contribution < 1.29 is 14.3 Å². The lowest BCUT2D eigenvalue weighted by Crippen LogP contribution is -2.36. The molecule has 1 rings (SSSR count). The molecule has 0 radical (unpaired) electrons. The monoisotopic (exact) mass is 249 g/mol. The first-order valence-electron chi connectivity index (χ1n) is 6.14. The number of carbonyl (C=O) groups excluding carboxylic acids is 2. The van der Waals surface area contributed by atoms with Crippen molar-refractivity contribution in [1.29, 1.82) is 0 Å². The Morgan fingerprint density at radius 2 is 1.89 bits per heavy atom. The van der Waals surface area contributed by atoms with Crippen molar-refractivity contribution in [3.05, 3.63) is 30.3 Å². The van der Waals surface area contributed by atoms with Crippen LogP contribution in [0.4, 0.5) is 0 Å². The lowest BCUT2D eigenvalue weighted by Gasteiger charge is -2.18. The first-order chi connectivity index (χ1) is 8.65. The fourth-order valence-electron chi connectivity index (χ4n) is 1.58. The molecule has 0 spiro atoms. The summed E-state index contributed by atoms with van der Waals surface area (Å²) < 4.78 is 5.50. The van der Waals surface area contributed by atoms with Gasteiger partial charge in [-0.1, -0.05) is 25.1 Å². The Bertz CT molecular complexity index is 389. The summed E-state index contributed by atoms with van der Waals surface area (Å²) in [6, 6.07) is 9.47. The summed E-state index contributed by atoms with van der Waals surface area (Å²) in [5.74, 6) is 0.456. The van der Waals surface area contributed by atoms with E-state index >= 15 is 0 Å². The number of ether oxygens (including phenoxy) is 1. The zero-order valence-corrected chi connectivity index (χ0v) is 10.9. The number of imide groups is 1. The van der Waals surface area contributed by atoms with E-state index in [0.717, 1.165) is 5.75 Å². The number of carbonyl (C=O) groups is 2. The lowest BCUT2D eigenvalue weighted by atomic mass is 10.3. The molecule has 0 atom stereocenters. The fraction of sp³-hybridized carbons (Fsp3) is 0.429. The molecular weight excluding hydrogens is 230 g/mol. The molecular formula is C14H19NO3. The first kappa shape index (κ1) is 14.2. The summed E-state index contributed by atoms with van der Waals surface area (Å²) in [4.78, 5) is 24.0. The van der Waals surface area contributed by atoms with E-state index in [1.165, 1.54) is 11.8 Å². The van der Waals surface area contributed by atoms with E-state index in [2.05, 4.69) is 0 Å². The van der Waals surface area contributed by atoms with Crippen LogP contribution in [-0.4, -0.2) is 29.9 Å². The van der Waals surface area contributed by atoms with Gasteiger partial charge in [0.1, 0.15) is 5.75 Å². The van der Waals surface area contributed by atoms with Gasteiger partial charge >= 0.3 is 0 Å². The molecule has 98 valence electrons. The highest BCUT2D eigenvalue weighted by molar-refractivity contribution is 5.93. The second kappa shape index (κ2) is 7.48. The third kappa shape index (κ3) is 4.57. The van der Waals surface area contributed by atoms with Gasteiger partial charge in [0.15, 0.2) is 0 Å². The molecule has 0 aliphatic carbocycles. The predicted molar refractivity (Wildman–Crippen MR) is 69.2 cm³/mol. The Balaban J connectivity index is 2.31. The van der Waals surface area contributed by atoms with Crippen molar-refractivity contribution in [1.82, 2.24) is 4.90 Å². The molecule has 4 nitrogen and oxygen atoms in total. The van der Waals surface area contributed by atoms with Gasteiger partial charge in [-0.25, -0.2) is 0 Å². The van der Waals surface area contributed by atoms with E-state index in [9.17, 15) is 9.59 Å². The molecule has 0 saturated carbocycles. The smallest absolute Gasteiger partial charge is 0.228 e. The number of hydrogen-bond acceptors (Lipinski definition) is 3. The molecule has 0 bridgehead atoms. The van der Waals surface area contributed by atoms with E-state index in [4.69, 9.17) is 4.74 Å². The molecule has 0 N–H and O–H groups in total. The SMILES string of the molecule is CCC(=O)N(CCCOc1ccccc1)C(C)=O. The maximum atomic E-state index is 11.5. The van der Waals surface area contributed by atoms with Crippen LogP contribution in [0.1, 0.15) is 26.7 Å². The zero-order chi connectivity index (χ0) is 13.4. The summed E-state index contributed by atoms with van der Waals surface area (Å²) in [5.41, 5.74) is 0. The number of nitrogens with zero attached hydrogens (tertiary/aromatic N) is 1. The number of benzene rings is 1. The maximum Gasteiger partial charge on any atom is 0.228 e. The summed E-state index contributed by atoms with van der Waals surface area (Å²) in [5, 5.41) is 0. The van der Waals surface area contributed by atoms with Crippen molar-refractivity contribution >= 4 is 11.8 Å². The van der Waals surface area contributed by atoms with Crippen molar-refractivity contribution in [2.45, 2.75) is 26.7 Å². The number of hydrogen-bond donors (Lipinski definition) is 0. The third-order valence-corrected chi connectivity index (χ3v) is 2.52. The van der Waals surface area contributed by atoms with Gasteiger partial charge in [0.25, 0.3) is 0 Å². The van der Waals surface area contributed by atoms with Crippen LogP contribution in [0.2, 0.25) is 0 Å². The van der Waals surface area contributed by atoms with E-state index in [1.54, 1.807) is 6.92 Å². The molecule has 0 aliphatic rings. The third-order valence-electron chi connectivity index (χ3n) is 2.52. The molecule has 1 aromatic rings. The van der Waals surface area contributed by atoms with Gasteiger partial charge in [0.2, 0.25) is 11.8 Å². The molecule has 0 fully saturated rings. The molecule has 0 aliphatic heterocycles. The highest BCUT2D eigenvalue weighted by Crippen LogP contribution is 2.08. The van der Waals surface area contributed by atoms with Gasteiger partial charge in [-0.15, -0.1) is 0 Å². The summed E-state index contributed by atoms with van der Waals surface area (Å²) in [6.07, 6.45) is 0.985. The molecule has 4 heteroatoms. The van der Waals surface area contributed by atoms with E-state index in [0.29, 0.717) is 26.0 Å². The molecule has 2 amide bonds. The lowest BCUT2D eigenvalue weighted by molar-refractivity contribution is -0.143. The van der Waals surface area contributed by atoms with Gasteiger partial charge < -0.3 is 4.74 Å². The minimum atomic E-state index is -0.207. The number of para-hydroxylation sites is 1. The maximum absolute atomic E-state index is 11.5. The molecule has 0 aromatic heterocycles. The number of rotatable bonds is 6. The van der Waals surface area contributed by atoms with Gasteiger partial charge in [-0.05, 0) is 18.6 Å². The van der Waals surface area contributed by atoms with Crippen LogP contribution in [0.25, 0.3) is 0 Å². The first-order valence-corrected chi connectivity index (χ1v) is 6.14. The second-order valence-electron chi connectivity index (χ2n) is 3.93. The Morgan fingerprint density at radius 3 is 2.44 bits per heavy atom. The molecule has 0 unspecified atom stereocenters. The molecule has 18 heavy (non-hydrogen) atoms. The van der Waals surface area contributed by atoms with E-state index < -0.39 is 0 Å². The van der Waals surface area contributed by atoms with Crippen LogP contribution in [0.3, 0.4) is 0 Å². The van der Waals surface area contributed by atoms with Crippen LogP contribution < -0.4 is 4.74 Å². The van der Waals surface area contributed by atoms with Gasteiger partial charge in [0, 0.05) is 19.9 Å². The van der Waals surface area contributed by atoms with Crippen molar-refractivity contribution in [2.75, 3.05) is 13.2 Å². The minimum Gasteiger partial charge on any atom is -0.494 e. The summed E-state index contributed by atoms with van der Waals surface area (Å²) in [6.45, 7) is 4.06. The van der Waals surface area contributed by atoms with Gasteiger partial charge in [-0.2, -0.15) is 0 Å². The van der Waals surface area contributed by atoms with Gasteiger partial charge in [-0.3, -0.25) is 14.5 Å². The molecule has 1 aromatic carbocycles. The Hall–Kier alpha value is -1.84. The molecule has 0 heterocycles. The highest BCUT2D eigenvalue weighted by atomic mass is 16.5. The highest BCUT2D eigenvalue weighted by Gasteiger charge is 2.15. The average molecular weight is 249 g/mol. The van der Waals surface area contributed by atoms with Crippen LogP contribution in [0, 0.1) is 0 Å². The summed E-state index contributed by atoms with van der Waals surface area (Å²) in [7, 11) is 0. The summed E-state index contributed by atoms with van der Waals surface area (Å²) >= 11 is 0. The van der Waals surface area contributed by atoms with E-state index in [1.807, 2.05) is 30.3 Å². The largest absolute Gasteiger partial charge is 0.494 e. The normalized spacial score (nSPS) is 9.89. The number of amides is 2. The molecule has 0 saturated heterocycles. The average Bonchev–Trinajstić information content (AvgIpc) is 2.38. The van der Waals surface area contributed by atoms with E-state index in [-0.39, 0.29) is 11.8 Å². The Kier molecular flexibility index (Phi) is 5.91. The van der Waals surface area contributed by atoms with Crippen LogP contribution >= 0.6 is 0 Å². The second-order valence-corrected chi connectivity index (χ2v) is 3.93.